The zero-order chi connectivity index (χ0) is 9.26. The van der Waals surface area contributed by atoms with Crippen LogP contribution in [0.5, 0.6) is 0 Å². The molecule has 2 heterocycles. The Morgan fingerprint density at radius 3 is 2.85 bits per heavy atom. The van der Waals surface area contributed by atoms with E-state index < -0.39 is 0 Å². The molecule has 0 atom stereocenters. The molecule has 0 N–H and O–H groups in total. The fourth-order valence-electron chi connectivity index (χ4n) is 2.19. The number of hydrogen-bond acceptors (Lipinski definition) is 3. The molecular weight excluding hydrogens is 181 g/mol. The van der Waals surface area contributed by atoms with Crippen molar-refractivity contribution in [2.75, 3.05) is 33.2 Å². The summed E-state index contributed by atoms with van der Waals surface area (Å²) in [5.74, 6) is 1.34. The predicted molar refractivity (Wildman–Crippen MR) is 58.3 cm³/mol. The Labute approximate surface area is 86.0 Å². The largest absolute Gasteiger partial charge is 0.423 e. The summed E-state index contributed by atoms with van der Waals surface area (Å²) >= 11 is 4.25. The molecular formula is C8H16BN3S+. The van der Waals surface area contributed by atoms with Gasteiger partial charge in [-0.1, -0.05) is 0 Å². The average molecular weight is 197 g/mol. The molecule has 2 aliphatic rings. The molecule has 1 radical (unpaired) electrons. The van der Waals surface area contributed by atoms with Crippen molar-refractivity contribution in [3.63, 3.8) is 0 Å². The molecule has 0 aromatic carbocycles. The van der Waals surface area contributed by atoms with Crippen molar-refractivity contribution in [3.05, 3.63) is 0 Å². The minimum absolute atomic E-state index is 1.11. The Morgan fingerprint density at radius 2 is 2.08 bits per heavy atom. The number of rotatable bonds is 1. The number of thiol groups is 1. The molecule has 13 heavy (non-hydrogen) atoms. The second kappa shape index (κ2) is 3.82. The normalized spacial score (nSPS) is 23.2. The van der Waals surface area contributed by atoms with Crippen LogP contribution in [0.3, 0.4) is 0 Å². The monoisotopic (exact) mass is 197 g/mol. The minimum Gasteiger partial charge on any atom is -0.313 e. The first kappa shape index (κ1) is 9.25. The summed E-state index contributed by atoms with van der Waals surface area (Å²) in [6.07, 6.45) is 2.52. The third kappa shape index (κ3) is 1.66. The van der Waals surface area contributed by atoms with E-state index in [1.807, 2.05) is 6.69 Å². The van der Waals surface area contributed by atoms with Crippen molar-refractivity contribution >= 4 is 25.1 Å². The van der Waals surface area contributed by atoms with Gasteiger partial charge in [0.15, 0.2) is 0 Å². The zero-order valence-corrected chi connectivity index (χ0v) is 9.00. The van der Waals surface area contributed by atoms with Crippen molar-refractivity contribution in [1.82, 2.24) is 9.80 Å². The van der Waals surface area contributed by atoms with E-state index in [4.69, 9.17) is 0 Å². The van der Waals surface area contributed by atoms with Gasteiger partial charge in [0.1, 0.15) is 0 Å². The van der Waals surface area contributed by atoms with Crippen LogP contribution in [0.2, 0.25) is 0 Å². The maximum Gasteiger partial charge on any atom is 0.423 e. The molecule has 0 unspecified atom stereocenters. The van der Waals surface area contributed by atoms with Gasteiger partial charge in [0.2, 0.25) is 0 Å². The topological polar surface area (TPSA) is 9.49 Å². The van der Waals surface area contributed by atoms with Crippen molar-refractivity contribution < 1.29 is 4.49 Å². The smallest absolute Gasteiger partial charge is 0.313 e. The third-order valence-electron chi connectivity index (χ3n) is 2.77. The molecule has 1 fully saturated rings. The fraction of sp³-hybridized carbons (Fsp3) is 0.875. The first-order valence-corrected chi connectivity index (χ1v) is 5.42. The Balaban J connectivity index is 2.26. The highest BCUT2D eigenvalue weighted by Gasteiger charge is 2.32. The van der Waals surface area contributed by atoms with E-state index in [2.05, 4.69) is 33.8 Å². The number of fused-ring (bicyclic) bond motifs is 1. The van der Waals surface area contributed by atoms with Crippen molar-refractivity contribution in [3.8, 4) is 0 Å². The van der Waals surface area contributed by atoms with Crippen molar-refractivity contribution in [2.24, 2.45) is 0 Å². The highest BCUT2D eigenvalue weighted by atomic mass is 32.1. The standard InChI is InChI=1S/C8H16BN3S/c1-10-4-2-5-11-6-3-7-12(9-13)8(10)11/h13H,2-7H2,1H3/q+1. The van der Waals surface area contributed by atoms with Crippen LogP contribution in [0.25, 0.3) is 0 Å². The molecule has 0 aliphatic carbocycles. The highest BCUT2D eigenvalue weighted by molar-refractivity contribution is 8.05. The summed E-state index contributed by atoms with van der Waals surface area (Å²) in [6, 6.07) is 0. The lowest BCUT2D eigenvalue weighted by Gasteiger charge is -2.35. The summed E-state index contributed by atoms with van der Waals surface area (Å²) in [7, 11) is 2.16. The van der Waals surface area contributed by atoms with Gasteiger partial charge in [-0.2, -0.15) is 12.5 Å². The lowest BCUT2D eigenvalue weighted by Crippen LogP contribution is -2.56. The summed E-state index contributed by atoms with van der Waals surface area (Å²) < 4.78 is 2.24. The van der Waals surface area contributed by atoms with Gasteiger partial charge in [-0.15, -0.1) is 0 Å². The quantitative estimate of drug-likeness (QED) is 0.463. The van der Waals surface area contributed by atoms with Crippen LogP contribution in [-0.4, -0.2) is 60.2 Å². The van der Waals surface area contributed by atoms with E-state index in [1.165, 1.54) is 38.4 Å². The van der Waals surface area contributed by atoms with Gasteiger partial charge in [-0.25, -0.2) is 0 Å². The predicted octanol–water partition coefficient (Wildman–Crippen LogP) is -0.140. The van der Waals surface area contributed by atoms with Crippen molar-refractivity contribution in [2.45, 2.75) is 12.8 Å². The average Bonchev–Trinajstić information content (AvgIpc) is 2.17. The fourth-order valence-corrected chi connectivity index (χ4v) is 2.41. The Morgan fingerprint density at radius 1 is 1.31 bits per heavy atom. The summed E-state index contributed by atoms with van der Waals surface area (Å²) in [5, 5.41) is 0. The maximum absolute atomic E-state index is 4.25. The van der Waals surface area contributed by atoms with Crippen LogP contribution in [0.15, 0.2) is 0 Å². The molecule has 1 saturated heterocycles. The number of nitrogens with zero attached hydrogens (tertiary/aromatic N) is 3. The Kier molecular flexibility index (Phi) is 2.72. The number of guanidine groups is 1. The molecule has 2 rings (SSSR count). The molecule has 3 nitrogen and oxygen atoms in total. The lowest BCUT2D eigenvalue weighted by molar-refractivity contribution is -0.401. The molecule has 0 bridgehead atoms. The molecule has 0 spiro atoms. The molecule has 71 valence electrons. The summed E-state index contributed by atoms with van der Waals surface area (Å²) in [4.78, 5) is 4.79. The van der Waals surface area contributed by atoms with E-state index in [0.717, 1.165) is 6.54 Å². The minimum atomic E-state index is 1.11. The third-order valence-corrected chi connectivity index (χ3v) is 3.05. The molecule has 0 aromatic rings. The second-order valence-corrected chi connectivity index (χ2v) is 3.96. The van der Waals surface area contributed by atoms with E-state index in [9.17, 15) is 0 Å². The Hall–Kier alpha value is -0.315. The Bertz CT molecular complexity index is 231. The van der Waals surface area contributed by atoms with Gasteiger partial charge in [0, 0.05) is 12.8 Å². The SMILES string of the molecule is CN1CCCN2CCC[N+]([B]S)=C12. The molecule has 2 aliphatic heterocycles. The van der Waals surface area contributed by atoms with Gasteiger partial charge < -0.3 is 4.49 Å². The van der Waals surface area contributed by atoms with Crippen LogP contribution >= 0.6 is 12.5 Å². The van der Waals surface area contributed by atoms with E-state index in [0.29, 0.717) is 0 Å². The summed E-state index contributed by atoms with van der Waals surface area (Å²) in [6.45, 7) is 6.59. The first-order chi connectivity index (χ1) is 6.33. The van der Waals surface area contributed by atoms with Crippen molar-refractivity contribution in [1.29, 1.82) is 0 Å². The van der Waals surface area contributed by atoms with Crippen LogP contribution in [0, 0.1) is 0 Å². The molecule has 0 amide bonds. The molecule has 5 heteroatoms. The van der Waals surface area contributed by atoms with Gasteiger partial charge in [-0.05, 0) is 0 Å². The van der Waals surface area contributed by atoms with E-state index in [-0.39, 0.29) is 0 Å². The van der Waals surface area contributed by atoms with E-state index in [1.54, 1.807) is 0 Å². The zero-order valence-electron chi connectivity index (χ0n) is 8.11. The van der Waals surface area contributed by atoms with Gasteiger partial charge in [-0.3, -0.25) is 9.80 Å². The van der Waals surface area contributed by atoms with Crippen LogP contribution < -0.4 is 0 Å². The maximum atomic E-state index is 4.25. The van der Waals surface area contributed by atoms with Crippen LogP contribution in [0.4, 0.5) is 0 Å². The second-order valence-electron chi connectivity index (χ2n) is 3.72. The van der Waals surface area contributed by atoms with Gasteiger partial charge in [0.25, 0.3) is 0 Å². The van der Waals surface area contributed by atoms with Crippen LogP contribution in [0.1, 0.15) is 12.8 Å². The first-order valence-electron chi connectivity index (χ1n) is 4.90. The number of hydrogen-bond donors (Lipinski definition) is 1. The highest BCUT2D eigenvalue weighted by Crippen LogP contribution is 2.11. The molecule has 0 aromatic heterocycles. The summed E-state index contributed by atoms with van der Waals surface area (Å²) in [5.41, 5.74) is 0. The van der Waals surface area contributed by atoms with Gasteiger partial charge in [0.05, 0.1) is 33.2 Å². The van der Waals surface area contributed by atoms with Crippen LogP contribution in [-0.2, 0) is 0 Å². The van der Waals surface area contributed by atoms with Gasteiger partial charge >= 0.3 is 12.7 Å². The molecule has 0 saturated carbocycles. The lowest BCUT2D eigenvalue weighted by atomic mass is 10.2. The van der Waals surface area contributed by atoms with E-state index >= 15 is 0 Å².